The van der Waals surface area contributed by atoms with E-state index in [1.165, 1.54) is 12.1 Å². The van der Waals surface area contributed by atoms with Gasteiger partial charge in [-0.1, -0.05) is 12.1 Å². The van der Waals surface area contributed by atoms with Crippen LogP contribution in [-0.4, -0.2) is 48.7 Å². The third kappa shape index (κ3) is 4.83. The molecule has 0 aliphatic carbocycles. The molecule has 1 N–H and O–H groups in total. The van der Waals surface area contributed by atoms with Gasteiger partial charge in [0.1, 0.15) is 24.0 Å². The van der Waals surface area contributed by atoms with Gasteiger partial charge >= 0.3 is 0 Å². The molecule has 1 aliphatic heterocycles. The molecule has 0 amide bonds. The number of halogens is 2. The van der Waals surface area contributed by atoms with Gasteiger partial charge in [0.2, 0.25) is 0 Å². The normalized spacial score (nSPS) is 17.1. The molecule has 6 heteroatoms. The molecule has 0 aromatic heterocycles. The van der Waals surface area contributed by atoms with E-state index in [2.05, 4.69) is 4.90 Å². The van der Waals surface area contributed by atoms with Crippen molar-refractivity contribution < 1.29 is 18.6 Å². The minimum Gasteiger partial charge on any atom is -0.492 e. The first-order chi connectivity index (χ1) is 12.7. The molecule has 0 fully saturated rings. The van der Waals surface area contributed by atoms with Gasteiger partial charge in [-0.3, -0.25) is 4.90 Å². The van der Waals surface area contributed by atoms with E-state index in [0.29, 0.717) is 38.3 Å². The molecule has 0 unspecified atom stereocenters. The highest BCUT2D eigenvalue weighted by Gasteiger charge is 2.26. The number of fused-ring (bicyclic) bond motifs is 1. The molecule has 1 atom stereocenters. The third-order valence-corrected chi connectivity index (χ3v) is 4.77. The van der Waals surface area contributed by atoms with Gasteiger partial charge in [0.05, 0.1) is 5.60 Å². The standard InChI is InChI=1S/C21H26F2N2O2/c1-21(26,14-24(2)3)17-5-7-20-16(10-17)13-25(8-9-27-20)12-15-4-6-18(22)11-19(15)23/h4-7,10-11,26H,8-9,12-14H2,1-3H3/t21-/m1/s1. The third-order valence-electron chi connectivity index (χ3n) is 4.77. The summed E-state index contributed by atoms with van der Waals surface area (Å²) >= 11 is 0. The van der Waals surface area contributed by atoms with E-state index in [4.69, 9.17) is 4.74 Å². The van der Waals surface area contributed by atoms with E-state index < -0.39 is 17.2 Å². The molecular formula is C21H26F2N2O2. The lowest BCUT2D eigenvalue weighted by Gasteiger charge is -2.28. The zero-order valence-corrected chi connectivity index (χ0v) is 16.0. The molecular weight excluding hydrogens is 350 g/mol. The van der Waals surface area contributed by atoms with Gasteiger partial charge in [-0.05, 0) is 44.8 Å². The topological polar surface area (TPSA) is 35.9 Å². The Morgan fingerprint density at radius 3 is 2.67 bits per heavy atom. The van der Waals surface area contributed by atoms with Crippen LogP contribution in [0, 0.1) is 11.6 Å². The van der Waals surface area contributed by atoms with Gasteiger partial charge in [0, 0.05) is 43.4 Å². The molecule has 0 saturated heterocycles. The smallest absolute Gasteiger partial charge is 0.130 e. The van der Waals surface area contributed by atoms with Crippen LogP contribution < -0.4 is 4.74 Å². The first-order valence-corrected chi connectivity index (χ1v) is 9.04. The second kappa shape index (κ2) is 7.92. The Hall–Kier alpha value is -2.02. The zero-order valence-electron chi connectivity index (χ0n) is 16.0. The molecule has 4 nitrogen and oxygen atoms in total. The zero-order chi connectivity index (χ0) is 19.6. The molecule has 146 valence electrons. The van der Waals surface area contributed by atoms with Crippen LogP contribution in [0.25, 0.3) is 0 Å². The van der Waals surface area contributed by atoms with Gasteiger partial charge < -0.3 is 14.7 Å². The molecule has 1 heterocycles. The number of likely N-dealkylation sites (N-methyl/N-ethyl adjacent to an activating group) is 1. The van der Waals surface area contributed by atoms with E-state index in [0.717, 1.165) is 22.9 Å². The van der Waals surface area contributed by atoms with Crippen molar-refractivity contribution in [2.24, 2.45) is 0 Å². The largest absolute Gasteiger partial charge is 0.492 e. The molecule has 0 radical (unpaired) electrons. The maximum absolute atomic E-state index is 14.0. The summed E-state index contributed by atoms with van der Waals surface area (Å²) in [5.41, 5.74) is 1.23. The Balaban J connectivity index is 1.82. The van der Waals surface area contributed by atoms with Crippen molar-refractivity contribution >= 4 is 0 Å². The molecule has 27 heavy (non-hydrogen) atoms. The summed E-state index contributed by atoms with van der Waals surface area (Å²) in [4.78, 5) is 4.00. The number of rotatable bonds is 5. The Morgan fingerprint density at radius 1 is 1.19 bits per heavy atom. The predicted octanol–water partition coefficient (Wildman–Crippen LogP) is 3.13. The van der Waals surface area contributed by atoms with Gasteiger partial charge in [-0.15, -0.1) is 0 Å². The van der Waals surface area contributed by atoms with E-state index >= 15 is 0 Å². The van der Waals surface area contributed by atoms with Crippen LogP contribution in [-0.2, 0) is 18.7 Å². The first-order valence-electron chi connectivity index (χ1n) is 9.04. The fourth-order valence-corrected chi connectivity index (χ4v) is 3.52. The summed E-state index contributed by atoms with van der Waals surface area (Å²) in [6, 6.07) is 9.40. The lowest BCUT2D eigenvalue weighted by molar-refractivity contribution is 0.0299. The number of aliphatic hydroxyl groups is 1. The molecule has 3 rings (SSSR count). The van der Waals surface area contributed by atoms with Crippen molar-refractivity contribution in [3.8, 4) is 5.75 Å². The average Bonchev–Trinajstić information content (AvgIpc) is 2.77. The Bertz CT molecular complexity index is 809. The van der Waals surface area contributed by atoms with E-state index in [-0.39, 0.29) is 0 Å². The lowest BCUT2D eigenvalue weighted by atomic mass is 9.93. The maximum atomic E-state index is 14.0. The van der Waals surface area contributed by atoms with Crippen molar-refractivity contribution in [2.75, 3.05) is 33.8 Å². The van der Waals surface area contributed by atoms with Gasteiger partial charge in [-0.2, -0.15) is 0 Å². The van der Waals surface area contributed by atoms with Gasteiger partial charge in [0.15, 0.2) is 0 Å². The first kappa shape index (κ1) is 19.7. The Morgan fingerprint density at radius 2 is 1.96 bits per heavy atom. The summed E-state index contributed by atoms with van der Waals surface area (Å²) in [5.74, 6) is -0.335. The number of ether oxygens (including phenoxy) is 1. The van der Waals surface area contributed by atoms with Gasteiger partial charge in [0.25, 0.3) is 0 Å². The summed E-state index contributed by atoms with van der Waals surface area (Å²) in [6.45, 7) is 4.35. The van der Waals surface area contributed by atoms with Crippen LogP contribution in [0.5, 0.6) is 5.75 Å². The van der Waals surface area contributed by atoms with Crippen molar-refractivity contribution in [1.29, 1.82) is 0 Å². The molecule has 2 aromatic carbocycles. The monoisotopic (exact) mass is 376 g/mol. The Labute approximate surface area is 159 Å². The summed E-state index contributed by atoms with van der Waals surface area (Å²) in [5, 5.41) is 10.8. The minimum atomic E-state index is -0.987. The van der Waals surface area contributed by atoms with Gasteiger partial charge in [-0.25, -0.2) is 8.78 Å². The number of nitrogens with zero attached hydrogens (tertiary/aromatic N) is 2. The number of benzene rings is 2. The SMILES string of the molecule is CN(C)C[C@@](C)(O)c1ccc2c(c1)CN(Cc1ccc(F)cc1F)CCO2. The fraction of sp³-hybridized carbons (Fsp3) is 0.429. The van der Waals surface area contributed by atoms with Crippen LogP contribution in [0.3, 0.4) is 0 Å². The van der Waals surface area contributed by atoms with E-state index in [9.17, 15) is 13.9 Å². The Kier molecular flexibility index (Phi) is 5.79. The van der Waals surface area contributed by atoms with Crippen LogP contribution in [0.2, 0.25) is 0 Å². The maximum Gasteiger partial charge on any atom is 0.130 e. The highest BCUT2D eigenvalue weighted by Crippen LogP contribution is 2.30. The van der Waals surface area contributed by atoms with Crippen LogP contribution in [0.1, 0.15) is 23.6 Å². The summed E-state index contributed by atoms with van der Waals surface area (Å²) in [6.07, 6.45) is 0. The summed E-state index contributed by atoms with van der Waals surface area (Å²) in [7, 11) is 3.83. The second-order valence-electron chi connectivity index (χ2n) is 7.63. The lowest BCUT2D eigenvalue weighted by Crippen LogP contribution is -2.34. The van der Waals surface area contributed by atoms with Crippen LogP contribution >= 0.6 is 0 Å². The average molecular weight is 376 g/mol. The summed E-state index contributed by atoms with van der Waals surface area (Å²) < 4.78 is 33.0. The molecule has 2 aromatic rings. The van der Waals surface area contributed by atoms with E-state index in [1.54, 1.807) is 6.92 Å². The van der Waals surface area contributed by atoms with Crippen LogP contribution in [0.15, 0.2) is 36.4 Å². The molecule has 1 aliphatic rings. The van der Waals surface area contributed by atoms with Crippen LogP contribution in [0.4, 0.5) is 8.78 Å². The van der Waals surface area contributed by atoms with E-state index in [1.807, 2.05) is 37.2 Å². The van der Waals surface area contributed by atoms with Crippen molar-refractivity contribution in [3.63, 3.8) is 0 Å². The quantitative estimate of drug-likeness (QED) is 0.870. The minimum absolute atomic E-state index is 0.368. The van der Waals surface area contributed by atoms with Crippen molar-refractivity contribution in [3.05, 3.63) is 64.7 Å². The highest BCUT2D eigenvalue weighted by molar-refractivity contribution is 5.40. The number of hydrogen-bond donors (Lipinski definition) is 1. The second-order valence-corrected chi connectivity index (χ2v) is 7.63. The fourth-order valence-electron chi connectivity index (χ4n) is 3.52. The van der Waals surface area contributed by atoms with Crippen molar-refractivity contribution in [1.82, 2.24) is 9.80 Å². The predicted molar refractivity (Wildman–Crippen MR) is 101 cm³/mol. The number of hydrogen-bond acceptors (Lipinski definition) is 4. The highest BCUT2D eigenvalue weighted by atomic mass is 19.1. The molecule has 0 bridgehead atoms. The van der Waals surface area contributed by atoms with Crippen molar-refractivity contribution in [2.45, 2.75) is 25.6 Å². The molecule has 0 spiro atoms. The molecule has 0 saturated carbocycles.